The third-order valence-corrected chi connectivity index (χ3v) is 5.63. The smallest absolute Gasteiger partial charge is 0.321 e. The van der Waals surface area contributed by atoms with Crippen LogP contribution >= 0.6 is 11.8 Å². The summed E-state index contributed by atoms with van der Waals surface area (Å²) in [7, 11) is 0. The number of nitrogens with zero attached hydrogens (tertiary/aromatic N) is 2. The number of hydrogen-bond acceptors (Lipinski definition) is 3. The van der Waals surface area contributed by atoms with Gasteiger partial charge in [-0.25, -0.2) is 4.79 Å². The highest BCUT2D eigenvalue weighted by Crippen LogP contribution is 2.22. The number of aryl methyl sites for hydroxylation is 1. The molecule has 1 aromatic carbocycles. The molecule has 2 aliphatic heterocycles. The molecule has 0 aliphatic carbocycles. The fourth-order valence-electron chi connectivity index (χ4n) is 3.27. The second-order valence-corrected chi connectivity index (χ2v) is 7.39. The molecule has 0 radical (unpaired) electrons. The molecule has 1 aromatic rings. The fraction of sp³-hybridized carbons (Fsp3) is 0.588. The van der Waals surface area contributed by atoms with Crippen molar-refractivity contribution in [3.8, 4) is 0 Å². The molecule has 0 atom stereocenters. The van der Waals surface area contributed by atoms with Gasteiger partial charge in [0.2, 0.25) is 0 Å². The second-order valence-electron chi connectivity index (χ2n) is 6.17. The monoisotopic (exact) mass is 319 g/mol. The molecule has 4 nitrogen and oxygen atoms in total. The number of piperazine rings is 1. The summed E-state index contributed by atoms with van der Waals surface area (Å²) >= 11 is 2.07. The molecule has 120 valence electrons. The van der Waals surface area contributed by atoms with Crippen LogP contribution in [0.2, 0.25) is 0 Å². The lowest BCUT2D eigenvalue weighted by molar-refractivity contribution is 0.108. The van der Waals surface area contributed by atoms with Gasteiger partial charge in [-0.05, 0) is 49.0 Å². The number of thioether (sulfide) groups is 1. The van der Waals surface area contributed by atoms with Crippen molar-refractivity contribution < 1.29 is 4.79 Å². The molecule has 0 bridgehead atoms. The predicted molar refractivity (Wildman–Crippen MR) is 93.7 cm³/mol. The molecule has 0 unspecified atom stereocenters. The Hall–Kier alpha value is -1.20. The summed E-state index contributed by atoms with van der Waals surface area (Å²) in [6.07, 6.45) is 2.61. The average Bonchev–Trinajstić information content (AvgIpc) is 2.56. The third-order valence-electron chi connectivity index (χ3n) is 4.58. The van der Waals surface area contributed by atoms with Crippen LogP contribution in [-0.2, 0) is 0 Å². The summed E-state index contributed by atoms with van der Waals surface area (Å²) in [4.78, 5) is 16.9. The predicted octanol–water partition coefficient (Wildman–Crippen LogP) is 3.04. The van der Waals surface area contributed by atoms with E-state index in [0.29, 0.717) is 0 Å². The van der Waals surface area contributed by atoms with Crippen LogP contribution in [-0.4, -0.2) is 59.6 Å². The average molecular weight is 319 g/mol. The van der Waals surface area contributed by atoms with E-state index < -0.39 is 0 Å². The van der Waals surface area contributed by atoms with Gasteiger partial charge in [0.15, 0.2) is 0 Å². The van der Waals surface area contributed by atoms with Gasteiger partial charge in [0, 0.05) is 37.9 Å². The van der Waals surface area contributed by atoms with Crippen molar-refractivity contribution in [3.63, 3.8) is 0 Å². The number of rotatable bonds is 2. The molecule has 3 rings (SSSR count). The summed E-state index contributed by atoms with van der Waals surface area (Å²) in [6.45, 7) is 5.73. The Bertz CT molecular complexity index is 508. The third kappa shape index (κ3) is 3.96. The van der Waals surface area contributed by atoms with Crippen molar-refractivity contribution in [1.82, 2.24) is 9.80 Å². The molecule has 22 heavy (non-hydrogen) atoms. The number of nitrogens with one attached hydrogen (secondary N) is 1. The first-order valence-corrected chi connectivity index (χ1v) is 9.32. The molecule has 0 spiro atoms. The van der Waals surface area contributed by atoms with Gasteiger partial charge in [0.1, 0.15) is 0 Å². The molecule has 2 saturated heterocycles. The number of amides is 2. The number of carbonyl (C=O) groups is 1. The first-order chi connectivity index (χ1) is 10.7. The Balaban J connectivity index is 1.49. The van der Waals surface area contributed by atoms with E-state index in [0.717, 1.165) is 43.5 Å². The normalized spacial score (nSPS) is 20.9. The van der Waals surface area contributed by atoms with E-state index in [1.807, 2.05) is 36.1 Å². The minimum atomic E-state index is 0.0319. The van der Waals surface area contributed by atoms with Crippen molar-refractivity contribution in [2.45, 2.75) is 25.8 Å². The molecule has 5 heteroatoms. The first-order valence-electron chi connectivity index (χ1n) is 8.17. The van der Waals surface area contributed by atoms with Crippen LogP contribution in [0.1, 0.15) is 18.4 Å². The number of benzene rings is 1. The van der Waals surface area contributed by atoms with Gasteiger partial charge in [-0.3, -0.25) is 4.90 Å². The van der Waals surface area contributed by atoms with E-state index in [-0.39, 0.29) is 6.03 Å². The lowest BCUT2D eigenvalue weighted by Gasteiger charge is -2.40. The summed E-state index contributed by atoms with van der Waals surface area (Å²) in [5.74, 6) is 2.58. The maximum atomic E-state index is 12.4. The number of hydrogen-bond donors (Lipinski definition) is 1. The molecule has 2 amide bonds. The molecule has 0 aromatic heterocycles. The Morgan fingerprint density at radius 3 is 2.59 bits per heavy atom. The summed E-state index contributed by atoms with van der Waals surface area (Å²) in [6, 6.07) is 8.74. The minimum Gasteiger partial charge on any atom is -0.322 e. The standard InChI is InChI=1S/C17H25N3OS/c1-14-3-2-4-15(13-14)18-17(21)20-9-7-19(8-10-20)16-5-11-22-12-6-16/h2-4,13,16H,5-12H2,1H3,(H,18,21). The van der Waals surface area contributed by atoms with Crippen LogP contribution in [0.4, 0.5) is 10.5 Å². The SMILES string of the molecule is Cc1cccc(NC(=O)N2CCN(C3CCSCC3)CC2)c1. The zero-order valence-corrected chi connectivity index (χ0v) is 14.1. The molecular formula is C17H25N3OS. The summed E-state index contributed by atoms with van der Waals surface area (Å²) in [5.41, 5.74) is 2.05. The largest absolute Gasteiger partial charge is 0.322 e. The van der Waals surface area contributed by atoms with Crippen molar-refractivity contribution >= 4 is 23.5 Å². The van der Waals surface area contributed by atoms with Crippen molar-refractivity contribution in [3.05, 3.63) is 29.8 Å². The highest BCUT2D eigenvalue weighted by molar-refractivity contribution is 7.99. The molecule has 0 saturated carbocycles. The fourth-order valence-corrected chi connectivity index (χ4v) is 4.35. The Labute approximate surface area is 137 Å². The Morgan fingerprint density at radius 1 is 1.18 bits per heavy atom. The zero-order valence-electron chi connectivity index (χ0n) is 13.3. The van der Waals surface area contributed by atoms with Crippen molar-refractivity contribution in [1.29, 1.82) is 0 Å². The topological polar surface area (TPSA) is 35.6 Å². The van der Waals surface area contributed by atoms with Gasteiger partial charge >= 0.3 is 6.03 Å². The minimum absolute atomic E-state index is 0.0319. The van der Waals surface area contributed by atoms with Gasteiger partial charge in [0.25, 0.3) is 0 Å². The zero-order chi connectivity index (χ0) is 15.4. The van der Waals surface area contributed by atoms with E-state index in [1.165, 1.54) is 24.3 Å². The van der Waals surface area contributed by atoms with Crippen LogP contribution in [0.5, 0.6) is 0 Å². The highest BCUT2D eigenvalue weighted by Gasteiger charge is 2.27. The highest BCUT2D eigenvalue weighted by atomic mass is 32.2. The Morgan fingerprint density at radius 2 is 1.91 bits per heavy atom. The van der Waals surface area contributed by atoms with Gasteiger partial charge in [-0.15, -0.1) is 0 Å². The number of carbonyl (C=O) groups excluding carboxylic acids is 1. The van der Waals surface area contributed by atoms with Crippen molar-refractivity contribution in [2.24, 2.45) is 0 Å². The molecule has 1 N–H and O–H groups in total. The summed E-state index contributed by atoms with van der Waals surface area (Å²) in [5, 5.41) is 3.01. The molecule has 2 fully saturated rings. The first kappa shape index (κ1) is 15.7. The van der Waals surface area contributed by atoms with Gasteiger partial charge in [-0.2, -0.15) is 11.8 Å². The van der Waals surface area contributed by atoms with Gasteiger partial charge in [-0.1, -0.05) is 12.1 Å². The number of urea groups is 1. The van der Waals surface area contributed by atoms with Crippen LogP contribution in [0.15, 0.2) is 24.3 Å². The quantitative estimate of drug-likeness (QED) is 0.910. The van der Waals surface area contributed by atoms with Gasteiger partial charge in [0.05, 0.1) is 0 Å². The van der Waals surface area contributed by atoms with Crippen LogP contribution in [0.25, 0.3) is 0 Å². The summed E-state index contributed by atoms with van der Waals surface area (Å²) < 4.78 is 0. The maximum absolute atomic E-state index is 12.4. The van der Waals surface area contributed by atoms with Crippen LogP contribution < -0.4 is 5.32 Å². The maximum Gasteiger partial charge on any atom is 0.321 e. The lowest BCUT2D eigenvalue weighted by atomic mass is 10.1. The number of anilines is 1. The Kier molecular flexibility index (Phi) is 5.26. The van der Waals surface area contributed by atoms with E-state index in [9.17, 15) is 4.79 Å². The molecule has 2 heterocycles. The van der Waals surface area contributed by atoms with E-state index in [2.05, 4.69) is 22.0 Å². The van der Waals surface area contributed by atoms with E-state index >= 15 is 0 Å². The second kappa shape index (κ2) is 7.38. The van der Waals surface area contributed by atoms with Gasteiger partial charge < -0.3 is 10.2 Å². The lowest BCUT2D eigenvalue weighted by Crippen LogP contribution is -2.53. The van der Waals surface area contributed by atoms with Crippen LogP contribution in [0.3, 0.4) is 0 Å². The van der Waals surface area contributed by atoms with Crippen LogP contribution in [0, 0.1) is 6.92 Å². The molecular weight excluding hydrogens is 294 g/mol. The van der Waals surface area contributed by atoms with Crippen molar-refractivity contribution in [2.75, 3.05) is 43.0 Å². The van der Waals surface area contributed by atoms with E-state index in [4.69, 9.17) is 0 Å². The molecule has 2 aliphatic rings. The van der Waals surface area contributed by atoms with E-state index in [1.54, 1.807) is 0 Å².